The third-order valence-corrected chi connectivity index (χ3v) is 8.40. The maximum absolute atomic E-state index is 13.9. The van der Waals surface area contributed by atoms with E-state index in [-0.39, 0.29) is 30.0 Å². The summed E-state index contributed by atoms with van der Waals surface area (Å²) in [6.45, 7) is 7.38. The second-order valence-electron chi connectivity index (χ2n) is 11.4. The SMILES string of the molecule is CCCN(CCC)C(=O)c1cc(C)cc(C(=O)O[C@H](CNC2(c3cccc(I)c3)CC2)[C@@H](N)Cc2cc(F)cc(F)c2)c1. The van der Waals surface area contributed by atoms with Gasteiger partial charge in [-0.2, -0.15) is 0 Å². The fraction of sp³-hybridized carbons (Fsp3) is 0.412. The minimum Gasteiger partial charge on any atom is -0.456 e. The van der Waals surface area contributed by atoms with E-state index in [1.807, 2.05) is 32.9 Å². The molecule has 1 amide bonds. The van der Waals surface area contributed by atoms with Crippen molar-refractivity contribution in [3.63, 3.8) is 0 Å². The second-order valence-corrected chi connectivity index (χ2v) is 12.7. The van der Waals surface area contributed by atoms with Gasteiger partial charge >= 0.3 is 5.97 Å². The van der Waals surface area contributed by atoms with E-state index in [0.29, 0.717) is 24.2 Å². The first-order valence-corrected chi connectivity index (χ1v) is 15.9. The van der Waals surface area contributed by atoms with Crippen LogP contribution in [-0.4, -0.2) is 48.6 Å². The molecule has 9 heteroatoms. The lowest BCUT2D eigenvalue weighted by Crippen LogP contribution is -2.48. The van der Waals surface area contributed by atoms with Crippen molar-refractivity contribution in [2.75, 3.05) is 19.6 Å². The van der Waals surface area contributed by atoms with Crippen LogP contribution in [0.4, 0.5) is 8.78 Å². The molecule has 0 spiro atoms. The molecule has 1 aliphatic rings. The van der Waals surface area contributed by atoms with Gasteiger partial charge in [-0.15, -0.1) is 0 Å². The fourth-order valence-corrected chi connectivity index (χ4v) is 6.00. The average molecular weight is 704 g/mol. The minimum atomic E-state index is -0.810. The third-order valence-electron chi connectivity index (χ3n) is 7.73. The van der Waals surface area contributed by atoms with E-state index < -0.39 is 29.7 Å². The largest absolute Gasteiger partial charge is 0.456 e. The van der Waals surface area contributed by atoms with Crippen LogP contribution in [0, 0.1) is 22.1 Å². The average Bonchev–Trinajstić information content (AvgIpc) is 3.75. The van der Waals surface area contributed by atoms with Crippen molar-refractivity contribution in [3.05, 3.63) is 104 Å². The first-order valence-electron chi connectivity index (χ1n) is 14.9. The summed E-state index contributed by atoms with van der Waals surface area (Å²) in [5.74, 6) is -2.12. The highest BCUT2D eigenvalue weighted by Crippen LogP contribution is 2.45. The standard InChI is InChI=1S/C34H40F2IN3O3/c1-4-11-40(12-5-2)32(41)24-13-22(3)14-25(18-24)33(42)43-31(30(38)17-23-15-27(35)20-28(36)16-23)21-39-34(9-10-34)26-7-6-8-29(37)19-26/h6-8,13-16,18-20,30-31,39H,4-5,9-12,17,21,38H2,1-3H3/t30-,31+/m0/s1. The minimum absolute atomic E-state index is 0.102. The maximum atomic E-state index is 13.9. The van der Waals surface area contributed by atoms with Crippen LogP contribution in [0.15, 0.2) is 60.7 Å². The van der Waals surface area contributed by atoms with Crippen molar-refractivity contribution in [2.24, 2.45) is 5.73 Å². The Balaban J connectivity index is 1.57. The lowest BCUT2D eigenvalue weighted by molar-refractivity contribution is 0.0228. The molecule has 0 aromatic heterocycles. The molecule has 0 aliphatic heterocycles. The van der Waals surface area contributed by atoms with E-state index in [1.165, 1.54) is 12.1 Å². The van der Waals surface area contributed by atoms with Gasteiger partial charge in [-0.3, -0.25) is 4.79 Å². The summed E-state index contributed by atoms with van der Waals surface area (Å²) < 4.78 is 35.0. The Labute approximate surface area is 266 Å². The lowest BCUT2D eigenvalue weighted by atomic mass is 9.99. The fourth-order valence-electron chi connectivity index (χ4n) is 5.45. The molecule has 0 radical (unpaired) electrons. The Morgan fingerprint density at radius 3 is 2.26 bits per heavy atom. The van der Waals surface area contributed by atoms with Gasteiger partial charge in [0.2, 0.25) is 0 Å². The van der Waals surface area contributed by atoms with E-state index in [2.05, 4.69) is 40.0 Å². The number of ether oxygens (including phenoxy) is 1. The number of hydrogen-bond acceptors (Lipinski definition) is 5. The van der Waals surface area contributed by atoms with E-state index in [1.54, 1.807) is 23.1 Å². The molecular formula is C34H40F2IN3O3. The van der Waals surface area contributed by atoms with Crippen molar-refractivity contribution in [1.29, 1.82) is 0 Å². The van der Waals surface area contributed by atoms with Crippen LogP contribution < -0.4 is 11.1 Å². The maximum Gasteiger partial charge on any atom is 0.338 e. The van der Waals surface area contributed by atoms with Crippen molar-refractivity contribution >= 4 is 34.5 Å². The number of aryl methyl sites for hydroxylation is 1. The molecule has 0 unspecified atom stereocenters. The zero-order valence-corrected chi connectivity index (χ0v) is 27.1. The van der Waals surface area contributed by atoms with Crippen LogP contribution in [0.3, 0.4) is 0 Å². The smallest absolute Gasteiger partial charge is 0.338 e. The molecule has 1 saturated carbocycles. The van der Waals surface area contributed by atoms with E-state index >= 15 is 0 Å². The van der Waals surface area contributed by atoms with Gasteiger partial charge in [0.05, 0.1) is 5.56 Å². The highest BCUT2D eigenvalue weighted by molar-refractivity contribution is 14.1. The van der Waals surface area contributed by atoms with Gasteiger partial charge < -0.3 is 20.7 Å². The van der Waals surface area contributed by atoms with Crippen molar-refractivity contribution in [1.82, 2.24) is 10.2 Å². The number of esters is 1. The molecule has 230 valence electrons. The predicted molar refractivity (Wildman–Crippen MR) is 173 cm³/mol. The Morgan fingerprint density at radius 1 is 1.00 bits per heavy atom. The zero-order chi connectivity index (χ0) is 31.1. The third kappa shape index (κ3) is 8.83. The molecule has 3 N–H and O–H groups in total. The van der Waals surface area contributed by atoms with E-state index in [4.69, 9.17) is 10.5 Å². The van der Waals surface area contributed by atoms with Crippen LogP contribution in [0.1, 0.15) is 76.9 Å². The molecule has 1 aliphatic carbocycles. The topological polar surface area (TPSA) is 84.7 Å². The van der Waals surface area contributed by atoms with Gasteiger partial charge in [0.25, 0.3) is 5.91 Å². The van der Waals surface area contributed by atoms with Crippen molar-refractivity contribution in [3.8, 4) is 0 Å². The predicted octanol–water partition coefficient (Wildman–Crippen LogP) is 6.51. The molecule has 3 aromatic carbocycles. The molecule has 0 heterocycles. The van der Waals surface area contributed by atoms with Gasteiger partial charge in [0.15, 0.2) is 0 Å². The summed E-state index contributed by atoms with van der Waals surface area (Å²) in [5.41, 5.74) is 9.30. The van der Waals surface area contributed by atoms with Crippen LogP contribution in [0.5, 0.6) is 0 Å². The summed E-state index contributed by atoms with van der Waals surface area (Å²) >= 11 is 2.28. The number of nitrogens with one attached hydrogen (secondary N) is 1. The van der Waals surface area contributed by atoms with Crippen LogP contribution in [0.25, 0.3) is 0 Å². The van der Waals surface area contributed by atoms with Gasteiger partial charge in [-0.05, 0) is 121 Å². The van der Waals surface area contributed by atoms with Crippen LogP contribution in [-0.2, 0) is 16.7 Å². The normalized spacial score (nSPS) is 15.0. The number of nitrogens with two attached hydrogens (primary N) is 1. The number of carbonyl (C=O) groups is 2. The lowest BCUT2D eigenvalue weighted by Gasteiger charge is -2.28. The summed E-state index contributed by atoms with van der Waals surface area (Å²) in [6, 6.07) is 15.8. The molecule has 2 atom stereocenters. The monoisotopic (exact) mass is 703 g/mol. The van der Waals surface area contributed by atoms with E-state index in [0.717, 1.165) is 46.4 Å². The molecule has 43 heavy (non-hydrogen) atoms. The van der Waals surface area contributed by atoms with Crippen molar-refractivity contribution in [2.45, 2.75) is 70.6 Å². The number of carbonyl (C=O) groups excluding carboxylic acids is 2. The summed E-state index contributed by atoms with van der Waals surface area (Å²) in [7, 11) is 0. The molecule has 3 aromatic rings. The van der Waals surface area contributed by atoms with Crippen LogP contribution in [0.2, 0.25) is 0 Å². The molecular weight excluding hydrogens is 663 g/mol. The number of nitrogens with zero attached hydrogens (tertiary/aromatic N) is 1. The molecule has 0 saturated heterocycles. The Kier molecular flexibility index (Phi) is 11.3. The number of hydrogen-bond donors (Lipinski definition) is 2. The van der Waals surface area contributed by atoms with Gasteiger partial charge in [-0.1, -0.05) is 26.0 Å². The number of rotatable bonds is 14. The Hall–Kier alpha value is -2.89. The molecule has 1 fully saturated rings. The first kappa shape index (κ1) is 33.0. The van der Waals surface area contributed by atoms with Crippen molar-refractivity contribution < 1.29 is 23.1 Å². The molecule has 0 bridgehead atoms. The first-order chi connectivity index (χ1) is 20.5. The number of benzene rings is 3. The number of halogens is 3. The quantitative estimate of drug-likeness (QED) is 0.148. The second kappa shape index (κ2) is 14.7. The zero-order valence-electron chi connectivity index (χ0n) is 25.0. The van der Waals surface area contributed by atoms with Gasteiger partial charge in [0.1, 0.15) is 17.7 Å². The summed E-state index contributed by atoms with van der Waals surface area (Å²) in [6.07, 6.45) is 2.80. The Morgan fingerprint density at radius 2 is 1.65 bits per heavy atom. The molecule has 4 rings (SSSR count). The van der Waals surface area contributed by atoms with Gasteiger partial charge in [-0.25, -0.2) is 13.6 Å². The number of amides is 1. The van der Waals surface area contributed by atoms with E-state index in [9.17, 15) is 18.4 Å². The highest BCUT2D eigenvalue weighted by Gasteiger charge is 2.44. The molecule has 6 nitrogen and oxygen atoms in total. The summed E-state index contributed by atoms with van der Waals surface area (Å²) in [5, 5.41) is 3.57. The highest BCUT2D eigenvalue weighted by atomic mass is 127. The van der Waals surface area contributed by atoms with Crippen LogP contribution >= 0.6 is 22.6 Å². The van der Waals surface area contributed by atoms with Gasteiger partial charge in [0, 0.05) is 46.4 Å². The Bertz CT molecular complexity index is 1420. The summed E-state index contributed by atoms with van der Waals surface area (Å²) in [4.78, 5) is 28.7.